The number of aryl methyl sites for hydroxylation is 1. The van der Waals surface area contributed by atoms with Gasteiger partial charge in [-0.2, -0.15) is 0 Å². The number of nitrogens with one attached hydrogen (secondary N) is 3. The van der Waals surface area contributed by atoms with Gasteiger partial charge in [-0.1, -0.05) is 6.07 Å². The molecule has 2 aromatic heterocycles. The van der Waals surface area contributed by atoms with Crippen molar-refractivity contribution >= 4 is 35.8 Å². The van der Waals surface area contributed by atoms with E-state index in [0.717, 1.165) is 44.1 Å². The number of furan rings is 1. The molecule has 0 aromatic carbocycles. The van der Waals surface area contributed by atoms with Crippen LogP contribution in [-0.4, -0.2) is 42.2 Å². The van der Waals surface area contributed by atoms with Crippen LogP contribution < -0.4 is 16.0 Å². The number of anilines is 1. The van der Waals surface area contributed by atoms with Crippen LogP contribution in [0, 0.1) is 6.92 Å². The molecule has 7 nitrogen and oxygen atoms in total. The summed E-state index contributed by atoms with van der Waals surface area (Å²) >= 11 is 0. The third-order valence-electron chi connectivity index (χ3n) is 4.03. The molecule has 0 aliphatic rings. The van der Waals surface area contributed by atoms with Crippen molar-refractivity contribution in [3.8, 4) is 0 Å². The zero-order valence-corrected chi connectivity index (χ0v) is 19.2. The normalized spacial score (nSPS) is 13.4. The second kappa shape index (κ2) is 12.6. The van der Waals surface area contributed by atoms with E-state index >= 15 is 0 Å². The smallest absolute Gasteiger partial charge is 0.191 e. The van der Waals surface area contributed by atoms with E-state index in [-0.39, 0.29) is 30.5 Å². The SMILES string of the molecule is CCNC(=NCC(C)(O)c1ccc(C)o1)NCCCCNc1ccccn1.I. The average Bonchev–Trinajstić information content (AvgIpc) is 3.11. The molecule has 156 valence electrons. The van der Waals surface area contributed by atoms with Crippen molar-refractivity contribution in [2.24, 2.45) is 4.99 Å². The fourth-order valence-corrected chi connectivity index (χ4v) is 2.52. The van der Waals surface area contributed by atoms with Gasteiger partial charge in [-0.05, 0) is 57.9 Å². The maximum Gasteiger partial charge on any atom is 0.191 e. The summed E-state index contributed by atoms with van der Waals surface area (Å²) in [6.07, 6.45) is 3.80. The van der Waals surface area contributed by atoms with E-state index < -0.39 is 5.60 Å². The van der Waals surface area contributed by atoms with Gasteiger partial charge in [0.05, 0.1) is 6.54 Å². The van der Waals surface area contributed by atoms with Crippen LogP contribution in [0.3, 0.4) is 0 Å². The van der Waals surface area contributed by atoms with Gasteiger partial charge in [0.1, 0.15) is 22.9 Å². The Morgan fingerprint density at radius 3 is 2.61 bits per heavy atom. The van der Waals surface area contributed by atoms with Gasteiger partial charge in [-0.25, -0.2) is 9.98 Å². The summed E-state index contributed by atoms with van der Waals surface area (Å²) in [6.45, 7) is 8.24. The highest BCUT2D eigenvalue weighted by molar-refractivity contribution is 14.0. The quantitative estimate of drug-likeness (QED) is 0.173. The Kier molecular flexibility index (Phi) is 10.9. The number of aliphatic hydroxyl groups is 1. The van der Waals surface area contributed by atoms with Gasteiger partial charge in [-0.3, -0.25) is 0 Å². The molecule has 2 rings (SSSR count). The van der Waals surface area contributed by atoms with Crippen molar-refractivity contribution in [3.63, 3.8) is 0 Å². The first-order valence-electron chi connectivity index (χ1n) is 9.47. The Morgan fingerprint density at radius 1 is 1.18 bits per heavy atom. The average molecular weight is 501 g/mol. The first-order valence-corrected chi connectivity index (χ1v) is 9.47. The van der Waals surface area contributed by atoms with E-state index in [4.69, 9.17) is 4.42 Å². The number of nitrogens with zero attached hydrogens (tertiary/aromatic N) is 2. The molecule has 2 aromatic rings. The minimum atomic E-state index is -1.14. The third kappa shape index (κ3) is 8.47. The Bertz CT molecular complexity index is 704. The lowest BCUT2D eigenvalue weighted by Gasteiger charge is -2.19. The van der Waals surface area contributed by atoms with Crippen LogP contribution in [0.4, 0.5) is 5.82 Å². The molecule has 0 fully saturated rings. The number of guanidine groups is 1. The van der Waals surface area contributed by atoms with Gasteiger partial charge in [0.25, 0.3) is 0 Å². The standard InChI is InChI=1S/C20H31N5O2.HI/c1-4-21-19(25-15-20(3,26)17-11-10-16(2)27-17)24-14-8-7-13-23-18-9-5-6-12-22-18;/h5-6,9-12,26H,4,7-8,13-15H2,1-3H3,(H,22,23)(H2,21,24,25);1H. The van der Waals surface area contributed by atoms with Gasteiger partial charge >= 0.3 is 0 Å². The van der Waals surface area contributed by atoms with Crippen molar-refractivity contribution in [2.45, 2.75) is 39.2 Å². The predicted molar refractivity (Wildman–Crippen MR) is 124 cm³/mol. The van der Waals surface area contributed by atoms with E-state index in [2.05, 4.69) is 25.9 Å². The topological polar surface area (TPSA) is 94.7 Å². The van der Waals surface area contributed by atoms with Crippen molar-refractivity contribution in [1.82, 2.24) is 15.6 Å². The Balaban J connectivity index is 0.00000392. The van der Waals surface area contributed by atoms with Gasteiger partial charge in [0.15, 0.2) is 5.96 Å². The molecule has 0 saturated carbocycles. The number of aromatic nitrogens is 1. The molecule has 28 heavy (non-hydrogen) atoms. The molecule has 0 aliphatic carbocycles. The lowest BCUT2D eigenvalue weighted by molar-refractivity contribution is 0.0428. The Labute approximate surface area is 184 Å². The molecule has 0 saturated heterocycles. The van der Waals surface area contributed by atoms with Crippen LogP contribution in [0.5, 0.6) is 0 Å². The number of hydrogen-bond donors (Lipinski definition) is 4. The third-order valence-corrected chi connectivity index (χ3v) is 4.03. The molecule has 8 heteroatoms. The fourth-order valence-electron chi connectivity index (χ4n) is 2.52. The second-order valence-corrected chi connectivity index (χ2v) is 6.65. The summed E-state index contributed by atoms with van der Waals surface area (Å²) in [5, 5.41) is 20.4. The summed E-state index contributed by atoms with van der Waals surface area (Å²) in [6, 6.07) is 9.46. The number of hydrogen-bond acceptors (Lipinski definition) is 5. The molecule has 1 unspecified atom stereocenters. The maximum atomic E-state index is 10.6. The number of rotatable bonds is 10. The fraction of sp³-hybridized carbons (Fsp3) is 0.500. The first kappa shape index (κ1) is 24.2. The lowest BCUT2D eigenvalue weighted by atomic mass is 10.0. The number of pyridine rings is 1. The zero-order valence-electron chi connectivity index (χ0n) is 16.9. The van der Waals surface area contributed by atoms with Crippen LogP contribution in [0.15, 0.2) is 45.9 Å². The number of unbranched alkanes of at least 4 members (excludes halogenated alkanes) is 1. The van der Waals surface area contributed by atoms with E-state index in [1.807, 2.05) is 38.1 Å². The molecule has 0 aliphatic heterocycles. The van der Waals surface area contributed by atoms with Crippen molar-refractivity contribution < 1.29 is 9.52 Å². The lowest BCUT2D eigenvalue weighted by Crippen LogP contribution is -2.39. The first-order chi connectivity index (χ1) is 13.0. The summed E-state index contributed by atoms with van der Waals surface area (Å²) < 4.78 is 5.53. The maximum absolute atomic E-state index is 10.6. The minimum Gasteiger partial charge on any atom is -0.463 e. The molecule has 0 spiro atoms. The molecular weight excluding hydrogens is 469 g/mol. The largest absolute Gasteiger partial charge is 0.463 e. The number of aliphatic imine (C=N–C) groups is 1. The van der Waals surface area contributed by atoms with E-state index in [1.165, 1.54) is 0 Å². The van der Waals surface area contributed by atoms with E-state index in [1.54, 1.807) is 19.2 Å². The minimum absolute atomic E-state index is 0. The molecule has 4 N–H and O–H groups in total. The molecule has 0 bridgehead atoms. The number of halogens is 1. The summed E-state index contributed by atoms with van der Waals surface area (Å²) in [7, 11) is 0. The second-order valence-electron chi connectivity index (χ2n) is 6.65. The Morgan fingerprint density at radius 2 is 1.96 bits per heavy atom. The highest BCUT2D eigenvalue weighted by Crippen LogP contribution is 2.22. The van der Waals surface area contributed by atoms with Crippen LogP contribution in [0.2, 0.25) is 0 Å². The molecule has 0 radical (unpaired) electrons. The Hall–Kier alpha value is -1.81. The van der Waals surface area contributed by atoms with Gasteiger partial charge in [-0.15, -0.1) is 24.0 Å². The molecule has 1 atom stereocenters. The van der Waals surface area contributed by atoms with E-state index in [9.17, 15) is 5.11 Å². The predicted octanol–water partition coefficient (Wildman–Crippen LogP) is 3.26. The summed E-state index contributed by atoms with van der Waals surface area (Å²) in [5.41, 5.74) is -1.14. The van der Waals surface area contributed by atoms with Crippen LogP contribution in [0.1, 0.15) is 38.2 Å². The summed E-state index contributed by atoms with van der Waals surface area (Å²) in [5.74, 6) is 2.90. The van der Waals surface area contributed by atoms with Crippen LogP contribution in [-0.2, 0) is 5.60 Å². The molecular formula is C20H32IN5O2. The highest BCUT2D eigenvalue weighted by Gasteiger charge is 2.26. The highest BCUT2D eigenvalue weighted by atomic mass is 127. The molecule has 0 amide bonds. The zero-order chi connectivity index (χ0) is 19.5. The monoisotopic (exact) mass is 501 g/mol. The van der Waals surface area contributed by atoms with E-state index in [0.29, 0.717) is 11.7 Å². The van der Waals surface area contributed by atoms with Gasteiger partial charge < -0.3 is 25.5 Å². The van der Waals surface area contributed by atoms with Crippen LogP contribution in [0.25, 0.3) is 0 Å². The summed E-state index contributed by atoms with van der Waals surface area (Å²) in [4.78, 5) is 8.73. The van der Waals surface area contributed by atoms with Crippen LogP contribution >= 0.6 is 24.0 Å². The molecule has 2 heterocycles. The van der Waals surface area contributed by atoms with Gasteiger partial charge in [0.2, 0.25) is 0 Å². The van der Waals surface area contributed by atoms with Gasteiger partial charge in [0, 0.05) is 25.8 Å². The van der Waals surface area contributed by atoms with Crippen molar-refractivity contribution in [1.29, 1.82) is 0 Å². The van der Waals surface area contributed by atoms with Crippen molar-refractivity contribution in [2.75, 3.05) is 31.5 Å². The van der Waals surface area contributed by atoms with Crippen molar-refractivity contribution in [3.05, 3.63) is 48.0 Å².